The quantitative estimate of drug-likeness (QED) is 0.341. The zero-order valence-corrected chi connectivity index (χ0v) is 22.0. The van der Waals surface area contributed by atoms with Crippen LogP contribution in [0.5, 0.6) is 0 Å². The minimum absolute atomic E-state index is 0.0431. The van der Waals surface area contributed by atoms with Crippen LogP contribution in [0, 0.1) is 6.92 Å². The molecule has 39 heavy (non-hydrogen) atoms. The van der Waals surface area contributed by atoms with E-state index >= 15 is 0 Å². The molecule has 3 aromatic heterocycles. The van der Waals surface area contributed by atoms with Gasteiger partial charge in [0.25, 0.3) is 5.82 Å². The number of hydrogen-bond donors (Lipinski definition) is 1. The molecular weight excluding hydrogens is 505 g/mol. The zero-order valence-electron chi connectivity index (χ0n) is 22.0. The molecule has 0 saturated carbocycles. The summed E-state index contributed by atoms with van der Waals surface area (Å²) in [5, 5.41) is 11.2. The monoisotopic (exact) mass is 536 g/mol. The first-order chi connectivity index (χ1) is 18.7. The Kier molecular flexibility index (Phi) is 6.62. The van der Waals surface area contributed by atoms with Gasteiger partial charge in [-0.15, -0.1) is 5.10 Å². The number of benzene rings is 1. The summed E-state index contributed by atoms with van der Waals surface area (Å²) in [5.41, 5.74) is 5.37. The molecule has 1 N–H and O–H groups in total. The van der Waals surface area contributed by atoms with Crippen LogP contribution in [0.1, 0.15) is 48.3 Å². The van der Waals surface area contributed by atoms with E-state index in [-0.39, 0.29) is 11.8 Å². The van der Waals surface area contributed by atoms with Gasteiger partial charge in [0.15, 0.2) is 5.82 Å². The summed E-state index contributed by atoms with van der Waals surface area (Å²) in [5.74, 6) is -1.04. The molecule has 11 heteroatoms. The van der Waals surface area contributed by atoms with Gasteiger partial charge in [-0.25, -0.2) is 4.98 Å². The molecule has 0 radical (unpaired) electrons. The van der Waals surface area contributed by atoms with Crippen molar-refractivity contribution in [2.75, 3.05) is 18.4 Å². The third-order valence-electron chi connectivity index (χ3n) is 7.71. The molecule has 1 fully saturated rings. The lowest BCUT2D eigenvalue weighted by Gasteiger charge is -2.25. The maximum absolute atomic E-state index is 13.7. The highest BCUT2D eigenvalue weighted by Gasteiger charge is 2.37. The van der Waals surface area contributed by atoms with Crippen molar-refractivity contribution in [1.82, 2.24) is 34.4 Å². The largest absolute Gasteiger partial charge is 0.453 e. The lowest BCUT2D eigenvalue weighted by Crippen LogP contribution is -2.32. The number of rotatable bonds is 5. The predicted molar refractivity (Wildman–Crippen MR) is 142 cm³/mol. The highest BCUT2D eigenvalue weighted by molar-refractivity contribution is 5.63. The van der Waals surface area contributed by atoms with Crippen molar-refractivity contribution < 1.29 is 13.2 Å². The Morgan fingerprint density at radius 1 is 0.949 bits per heavy atom. The van der Waals surface area contributed by atoms with Crippen LogP contribution in [0.3, 0.4) is 0 Å². The SMILES string of the molecule is Cc1nn(C)cc1-c1cccc(-n2nc(C(F)(F)F)nc2Nc2ccc3c(c2)CCC(N2CCCC2)CC3)n1. The topological polar surface area (TPSA) is 76.7 Å². The molecular formula is C28H31F3N8. The average Bonchev–Trinajstić information content (AvgIpc) is 3.62. The van der Waals surface area contributed by atoms with Crippen molar-refractivity contribution in [3.63, 3.8) is 0 Å². The zero-order chi connectivity index (χ0) is 27.1. The number of halogens is 3. The molecule has 4 aromatic rings. The van der Waals surface area contributed by atoms with E-state index in [4.69, 9.17) is 0 Å². The number of nitrogens with one attached hydrogen (secondary N) is 1. The third kappa shape index (κ3) is 5.27. The number of likely N-dealkylation sites (tertiary alicyclic amines) is 1. The summed E-state index contributed by atoms with van der Waals surface area (Å²) in [6.45, 7) is 4.22. The standard InChI is InChI=1S/C28H31F3N8/c1-18-23(17-37(2)35-18)24-6-5-7-25(33-24)39-27(34-26(36-39)28(29,30)31)32-21-11-8-19-9-12-22(13-10-20(19)16-21)38-14-3-4-15-38/h5-8,11,16-17,22H,3-4,9-10,12-15H2,1-2H3,(H,32,34,36). The summed E-state index contributed by atoms with van der Waals surface area (Å²) in [6, 6.07) is 11.8. The molecule has 2 aliphatic rings. The first-order valence-electron chi connectivity index (χ1n) is 13.4. The van der Waals surface area contributed by atoms with Gasteiger partial charge < -0.3 is 10.2 Å². The van der Waals surface area contributed by atoms with Crippen LogP contribution in [0.15, 0.2) is 42.6 Å². The second-order valence-corrected chi connectivity index (χ2v) is 10.4. The normalized spacial score (nSPS) is 18.2. The van der Waals surface area contributed by atoms with Crippen molar-refractivity contribution in [3.8, 4) is 17.1 Å². The number of anilines is 2. The molecule has 6 rings (SSSR count). The van der Waals surface area contributed by atoms with Gasteiger partial charge in [0.2, 0.25) is 5.95 Å². The molecule has 0 spiro atoms. The van der Waals surface area contributed by atoms with E-state index in [1.165, 1.54) is 37.1 Å². The second kappa shape index (κ2) is 10.1. The van der Waals surface area contributed by atoms with Gasteiger partial charge in [0.1, 0.15) is 0 Å². The van der Waals surface area contributed by atoms with Crippen molar-refractivity contribution >= 4 is 11.6 Å². The maximum atomic E-state index is 13.7. The number of pyridine rings is 1. The minimum Gasteiger partial charge on any atom is -0.324 e. The third-order valence-corrected chi connectivity index (χ3v) is 7.71. The molecule has 1 aromatic carbocycles. The van der Waals surface area contributed by atoms with Gasteiger partial charge >= 0.3 is 6.18 Å². The first kappa shape index (κ1) is 25.5. The van der Waals surface area contributed by atoms with Crippen LogP contribution in [-0.4, -0.2) is 53.6 Å². The molecule has 4 heterocycles. The van der Waals surface area contributed by atoms with Crippen molar-refractivity contribution in [2.45, 2.75) is 57.7 Å². The summed E-state index contributed by atoms with van der Waals surface area (Å²) < 4.78 is 43.8. The van der Waals surface area contributed by atoms with Crippen LogP contribution in [0.4, 0.5) is 24.8 Å². The van der Waals surface area contributed by atoms with E-state index in [9.17, 15) is 13.2 Å². The Balaban J connectivity index is 1.30. The number of fused-ring (bicyclic) bond motifs is 1. The Bertz CT molecular complexity index is 1480. The molecule has 1 saturated heterocycles. The van der Waals surface area contributed by atoms with Crippen LogP contribution < -0.4 is 5.32 Å². The highest BCUT2D eigenvalue weighted by atomic mass is 19.4. The fraction of sp³-hybridized carbons (Fsp3) is 0.429. The Morgan fingerprint density at radius 3 is 2.44 bits per heavy atom. The summed E-state index contributed by atoms with van der Waals surface area (Å²) in [6.07, 6.45) is 3.87. The van der Waals surface area contributed by atoms with Gasteiger partial charge in [-0.3, -0.25) is 4.68 Å². The van der Waals surface area contributed by atoms with E-state index < -0.39 is 12.0 Å². The van der Waals surface area contributed by atoms with E-state index in [0.29, 0.717) is 17.4 Å². The summed E-state index contributed by atoms with van der Waals surface area (Å²) in [7, 11) is 1.81. The average molecular weight is 537 g/mol. The number of aryl methyl sites for hydroxylation is 4. The number of nitrogens with zero attached hydrogens (tertiary/aromatic N) is 7. The van der Waals surface area contributed by atoms with Gasteiger partial charge in [-0.2, -0.15) is 27.9 Å². The van der Waals surface area contributed by atoms with Crippen LogP contribution in [-0.2, 0) is 26.1 Å². The molecule has 204 valence electrons. The van der Waals surface area contributed by atoms with Crippen molar-refractivity contribution in [3.05, 3.63) is 65.2 Å². The summed E-state index contributed by atoms with van der Waals surface area (Å²) in [4.78, 5) is 11.0. The first-order valence-corrected chi connectivity index (χ1v) is 13.4. The Labute approximate surface area is 224 Å². The minimum atomic E-state index is -4.70. The molecule has 8 nitrogen and oxygen atoms in total. The lowest BCUT2D eigenvalue weighted by atomic mass is 10.0. The van der Waals surface area contributed by atoms with Gasteiger partial charge in [-0.05, 0) is 93.9 Å². The van der Waals surface area contributed by atoms with Crippen molar-refractivity contribution in [1.29, 1.82) is 0 Å². The van der Waals surface area contributed by atoms with Gasteiger partial charge in [0, 0.05) is 30.5 Å². The molecule has 0 amide bonds. The number of hydrogen-bond acceptors (Lipinski definition) is 6. The molecule has 1 aliphatic heterocycles. The fourth-order valence-corrected chi connectivity index (χ4v) is 5.78. The Morgan fingerprint density at radius 2 is 1.72 bits per heavy atom. The van der Waals surface area contributed by atoms with Crippen LogP contribution in [0.2, 0.25) is 0 Å². The molecule has 1 atom stereocenters. The van der Waals surface area contributed by atoms with Crippen LogP contribution in [0.25, 0.3) is 17.1 Å². The van der Waals surface area contributed by atoms with Gasteiger partial charge in [-0.1, -0.05) is 12.1 Å². The lowest BCUT2D eigenvalue weighted by molar-refractivity contribution is -0.144. The predicted octanol–water partition coefficient (Wildman–Crippen LogP) is 5.48. The van der Waals surface area contributed by atoms with E-state index in [0.717, 1.165) is 41.6 Å². The second-order valence-electron chi connectivity index (χ2n) is 10.4. The molecule has 1 unspecified atom stereocenters. The smallest absolute Gasteiger partial charge is 0.324 e. The fourth-order valence-electron chi connectivity index (χ4n) is 5.78. The van der Waals surface area contributed by atoms with Gasteiger partial charge in [0.05, 0.1) is 11.4 Å². The Hall–Kier alpha value is -3.73. The highest BCUT2D eigenvalue weighted by Crippen LogP contribution is 2.32. The molecule has 0 bridgehead atoms. The van der Waals surface area contributed by atoms with Crippen molar-refractivity contribution in [2.24, 2.45) is 7.05 Å². The maximum Gasteiger partial charge on any atom is 0.453 e. The summed E-state index contributed by atoms with van der Waals surface area (Å²) >= 11 is 0. The molecule has 1 aliphatic carbocycles. The van der Waals surface area contributed by atoms with E-state index in [1.54, 1.807) is 22.9 Å². The van der Waals surface area contributed by atoms with Crippen LogP contribution >= 0.6 is 0 Å². The number of aromatic nitrogens is 6. The number of alkyl halides is 3. The van der Waals surface area contributed by atoms with E-state index in [1.807, 2.05) is 32.3 Å². The van der Waals surface area contributed by atoms with E-state index in [2.05, 4.69) is 36.4 Å².